The lowest BCUT2D eigenvalue weighted by molar-refractivity contribution is 0.216. The monoisotopic (exact) mass is 295 g/mol. The van der Waals surface area contributed by atoms with E-state index in [1.807, 2.05) is 6.20 Å². The number of nitrogens with zero attached hydrogens (tertiary/aromatic N) is 2. The minimum Gasteiger partial charge on any atom is -0.531 e. The molecule has 7 heteroatoms. The van der Waals surface area contributed by atoms with Crippen molar-refractivity contribution in [2.24, 2.45) is 7.05 Å². The average Bonchev–Trinajstić information content (AvgIpc) is 2.77. The fourth-order valence-electron chi connectivity index (χ4n) is 1.59. The van der Waals surface area contributed by atoms with Gasteiger partial charge in [0.15, 0.2) is 0 Å². The van der Waals surface area contributed by atoms with E-state index in [4.69, 9.17) is 21.1 Å². The van der Waals surface area contributed by atoms with E-state index in [9.17, 15) is 4.79 Å². The zero-order valence-corrected chi connectivity index (χ0v) is 12.2. The smallest absolute Gasteiger partial charge is 0.409 e. The van der Waals surface area contributed by atoms with Crippen LogP contribution in [0.1, 0.15) is 0 Å². The van der Waals surface area contributed by atoms with Gasteiger partial charge in [0, 0.05) is 29.4 Å². The molecule has 1 aromatic carbocycles. The Kier molecular flexibility index (Phi) is 3.92. The lowest BCUT2D eigenvalue weighted by Crippen LogP contribution is -2.27. The summed E-state index contributed by atoms with van der Waals surface area (Å²) in [7, 11) is -0.141. The summed E-state index contributed by atoms with van der Waals surface area (Å²) in [6.07, 6.45) is 3.50. The van der Waals surface area contributed by atoms with E-state index in [-0.39, 0.29) is 0 Å². The third-order valence-electron chi connectivity index (χ3n) is 2.52. The van der Waals surface area contributed by atoms with E-state index < -0.39 is 14.6 Å². The van der Waals surface area contributed by atoms with E-state index in [0.29, 0.717) is 10.8 Å². The molecule has 5 nitrogen and oxygen atoms in total. The van der Waals surface area contributed by atoms with Gasteiger partial charge in [0.05, 0.1) is 6.20 Å². The third kappa shape index (κ3) is 3.15. The van der Waals surface area contributed by atoms with Crippen molar-refractivity contribution in [3.05, 3.63) is 35.6 Å². The Morgan fingerprint density at radius 1 is 1.53 bits per heavy atom. The molecule has 2 rings (SSSR count). The fraction of sp³-hybridized carbons (Fsp3) is 0.167. The molecular weight excluding hydrogens is 284 g/mol. The SMILES string of the molecule is Cn1cc(-c2cc(Cl)ccc2O[Si](C)C(=O)O)cn1. The van der Waals surface area contributed by atoms with Crippen molar-refractivity contribution in [3.63, 3.8) is 0 Å². The summed E-state index contributed by atoms with van der Waals surface area (Å²) in [4.78, 5) is 10.9. The molecule has 0 aliphatic rings. The highest BCUT2D eigenvalue weighted by atomic mass is 35.5. The molecule has 0 aliphatic carbocycles. The van der Waals surface area contributed by atoms with E-state index in [2.05, 4.69) is 5.10 Å². The van der Waals surface area contributed by atoms with Crippen LogP contribution in [-0.4, -0.2) is 29.5 Å². The number of aromatic nitrogens is 2. The quantitative estimate of drug-likeness (QED) is 0.881. The number of halogens is 1. The van der Waals surface area contributed by atoms with Crippen molar-refractivity contribution in [2.45, 2.75) is 6.55 Å². The maximum absolute atomic E-state index is 10.9. The van der Waals surface area contributed by atoms with Crippen LogP contribution < -0.4 is 4.43 Å². The van der Waals surface area contributed by atoms with Crippen LogP contribution in [0.3, 0.4) is 0 Å². The standard InChI is InChI=1S/C12H12ClN2O3Si/c1-15-7-8(6-14-15)10-5-9(13)3-4-11(10)18-19(2)12(16)17/h3-7H,1-2H3,(H,16,17). The van der Waals surface area contributed by atoms with Crippen LogP contribution in [0, 0.1) is 0 Å². The van der Waals surface area contributed by atoms with Gasteiger partial charge < -0.3 is 9.53 Å². The molecule has 19 heavy (non-hydrogen) atoms. The first kappa shape index (κ1) is 13.6. The second kappa shape index (κ2) is 5.46. The largest absolute Gasteiger partial charge is 0.531 e. The predicted octanol–water partition coefficient (Wildman–Crippen LogP) is 3.00. The van der Waals surface area contributed by atoms with Gasteiger partial charge in [0.25, 0.3) is 0 Å². The van der Waals surface area contributed by atoms with E-state index in [1.165, 1.54) is 0 Å². The molecule has 0 amide bonds. The van der Waals surface area contributed by atoms with Crippen molar-refractivity contribution in [2.75, 3.05) is 0 Å². The maximum Gasteiger partial charge on any atom is 0.409 e. The Labute approximate surface area is 117 Å². The Balaban J connectivity index is 2.41. The molecule has 0 aliphatic heterocycles. The molecule has 0 atom stereocenters. The molecule has 0 spiro atoms. The molecule has 99 valence electrons. The van der Waals surface area contributed by atoms with Gasteiger partial charge in [-0.25, -0.2) is 0 Å². The average molecular weight is 296 g/mol. The van der Waals surface area contributed by atoms with E-state index >= 15 is 0 Å². The zero-order chi connectivity index (χ0) is 14.0. The van der Waals surface area contributed by atoms with Gasteiger partial charge in [0.1, 0.15) is 5.75 Å². The molecule has 2 aromatic rings. The zero-order valence-electron chi connectivity index (χ0n) is 10.4. The first-order valence-electron chi connectivity index (χ1n) is 5.50. The van der Waals surface area contributed by atoms with Crippen molar-refractivity contribution in [1.82, 2.24) is 9.78 Å². The van der Waals surface area contributed by atoms with Crippen LogP contribution in [0.25, 0.3) is 11.1 Å². The van der Waals surface area contributed by atoms with Gasteiger partial charge >= 0.3 is 14.6 Å². The molecule has 1 heterocycles. The van der Waals surface area contributed by atoms with Crippen LogP contribution in [0.2, 0.25) is 11.6 Å². The third-order valence-corrected chi connectivity index (χ3v) is 3.89. The van der Waals surface area contributed by atoms with Crippen molar-refractivity contribution in [1.29, 1.82) is 0 Å². The summed E-state index contributed by atoms with van der Waals surface area (Å²) >= 11 is 5.98. The number of aryl methyl sites for hydroxylation is 1. The van der Waals surface area contributed by atoms with Crippen LogP contribution in [0.15, 0.2) is 30.6 Å². The lowest BCUT2D eigenvalue weighted by atomic mass is 10.1. The van der Waals surface area contributed by atoms with Gasteiger partial charge in [-0.2, -0.15) is 5.10 Å². The highest BCUT2D eigenvalue weighted by Crippen LogP contribution is 2.32. The van der Waals surface area contributed by atoms with Crippen molar-refractivity contribution < 1.29 is 14.3 Å². The molecule has 0 saturated heterocycles. The van der Waals surface area contributed by atoms with Gasteiger partial charge in [-0.1, -0.05) is 11.6 Å². The number of benzene rings is 1. The Morgan fingerprint density at radius 2 is 2.26 bits per heavy atom. The van der Waals surface area contributed by atoms with Crippen molar-refractivity contribution >= 4 is 26.2 Å². The lowest BCUT2D eigenvalue weighted by Gasteiger charge is -2.12. The number of hydrogen-bond acceptors (Lipinski definition) is 3. The first-order chi connectivity index (χ1) is 8.97. The summed E-state index contributed by atoms with van der Waals surface area (Å²) < 4.78 is 7.19. The maximum atomic E-state index is 10.9. The second-order valence-electron chi connectivity index (χ2n) is 4.01. The summed E-state index contributed by atoms with van der Waals surface area (Å²) in [6.45, 7) is 1.58. The van der Waals surface area contributed by atoms with Gasteiger partial charge in [0.2, 0.25) is 0 Å². The second-order valence-corrected chi connectivity index (χ2v) is 6.19. The van der Waals surface area contributed by atoms with Crippen molar-refractivity contribution in [3.8, 4) is 16.9 Å². The summed E-state index contributed by atoms with van der Waals surface area (Å²) in [5, 5.41) is 13.6. The molecule has 1 aromatic heterocycles. The first-order valence-corrected chi connectivity index (χ1v) is 7.79. The Bertz CT molecular complexity index is 615. The Morgan fingerprint density at radius 3 is 2.84 bits per heavy atom. The molecule has 0 saturated carbocycles. The highest BCUT2D eigenvalue weighted by molar-refractivity contribution is 6.82. The molecule has 0 bridgehead atoms. The summed E-state index contributed by atoms with van der Waals surface area (Å²) in [5.41, 5.74) is 0.656. The number of hydrogen-bond donors (Lipinski definition) is 1. The molecule has 0 unspecified atom stereocenters. The van der Waals surface area contributed by atoms with Gasteiger partial charge in [-0.05, 0) is 24.7 Å². The van der Waals surface area contributed by atoms with E-state index in [1.54, 1.807) is 42.7 Å². The fourth-order valence-corrected chi connectivity index (χ4v) is 2.35. The topological polar surface area (TPSA) is 64.3 Å². The molecule has 0 fully saturated rings. The normalized spacial score (nSPS) is 10.7. The number of rotatable bonds is 4. The molecule has 1 N–H and O–H groups in total. The van der Waals surface area contributed by atoms with E-state index in [0.717, 1.165) is 11.1 Å². The Hall–Kier alpha value is -1.79. The van der Waals surface area contributed by atoms with Gasteiger partial charge in [-0.3, -0.25) is 9.48 Å². The predicted molar refractivity (Wildman–Crippen MR) is 73.9 cm³/mol. The summed E-state index contributed by atoms with van der Waals surface area (Å²) in [5.74, 6) is 0.510. The molecule has 1 radical (unpaired) electrons. The van der Waals surface area contributed by atoms with Crippen LogP contribution in [-0.2, 0) is 7.05 Å². The van der Waals surface area contributed by atoms with Crippen LogP contribution >= 0.6 is 11.6 Å². The number of carbonyl (C=O) groups is 1. The summed E-state index contributed by atoms with van der Waals surface area (Å²) in [6, 6.07) is 5.10. The van der Waals surface area contributed by atoms with Crippen LogP contribution in [0.4, 0.5) is 4.79 Å². The van der Waals surface area contributed by atoms with Crippen LogP contribution in [0.5, 0.6) is 5.75 Å². The minimum absolute atomic E-state index is 0.510. The highest BCUT2D eigenvalue weighted by Gasteiger charge is 2.20. The molecular formula is C12H12ClN2O3Si. The minimum atomic E-state index is -1.95. The van der Waals surface area contributed by atoms with Gasteiger partial charge in [-0.15, -0.1) is 0 Å². The number of carboxylic acid groups (broad SMARTS) is 1.